The van der Waals surface area contributed by atoms with Crippen molar-refractivity contribution in [2.45, 2.75) is 12.5 Å². The van der Waals surface area contributed by atoms with Gasteiger partial charge in [-0.15, -0.1) is 0 Å². The number of nitrogens with zero attached hydrogens (tertiary/aromatic N) is 1. The lowest BCUT2D eigenvalue weighted by Crippen LogP contribution is -2.41. The number of hydrogen-bond donors (Lipinski definition) is 0. The number of carboxylic acids is 1. The molecule has 4 rings (SSSR count). The summed E-state index contributed by atoms with van der Waals surface area (Å²) in [6.07, 6.45) is 0.141. The first kappa shape index (κ1) is 23.0. The second-order valence-corrected chi connectivity index (χ2v) is 7.70. The molecular weight excluding hydrogens is 438 g/mol. The Morgan fingerprint density at radius 3 is 2.00 bits per heavy atom. The molecule has 8 nitrogen and oxygen atoms in total. The van der Waals surface area contributed by atoms with Crippen molar-refractivity contribution in [3.63, 3.8) is 0 Å². The zero-order valence-corrected chi connectivity index (χ0v) is 19.3. The molecule has 0 radical (unpaired) electrons. The Morgan fingerprint density at radius 2 is 1.41 bits per heavy atom. The number of benzene rings is 3. The van der Waals surface area contributed by atoms with Crippen LogP contribution >= 0.6 is 0 Å². The predicted octanol–water partition coefficient (Wildman–Crippen LogP) is 2.76. The highest BCUT2D eigenvalue weighted by Crippen LogP contribution is 2.44. The molecule has 0 aromatic heterocycles. The van der Waals surface area contributed by atoms with Gasteiger partial charge in [-0.25, -0.2) is 0 Å². The molecule has 0 saturated carbocycles. The van der Waals surface area contributed by atoms with Crippen molar-refractivity contribution in [3.05, 3.63) is 76.9 Å². The van der Waals surface area contributed by atoms with Gasteiger partial charge in [-0.3, -0.25) is 4.79 Å². The van der Waals surface area contributed by atoms with Crippen LogP contribution < -0.4 is 29.0 Å². The topological polar surface area (TPSA) is 97.4 Å². The number of amides is 1. The second kappa shape index (κ2) is 9.35. The Balaban J connectivity index is 1.94. The Labute approximate surface area is 197 Å². The maximum absolute atomic E-state index is 13.5. The molecule has 0 N–H and O–H groups in total. The van der Waals surface area contributed by atoms with E-state index in [-0.39, 0.29) is 17.9 Å². The summed E-state index contributed by atoms with van der Waals surface area (Å²) >= 11 is 0. The van der Waals surface area contributed by atoms with Crippen LogP contribution in [0.2, 0.25) is 0 Å². The summed E-state index contributed by atoms with van der Waals surface area (Å²) in [5.41, 5.74) is 3.03. The van der Waals surface area contributed by atoms with Crippen molar-refractivity contribution in [2.75, 3.05) is 33.3 Å². The van der Waals surface area contributed by atoms with E-state index >= 15 is 0 Å². The molecule has 0 spiro atoms. The summed E-state index contributed by atoms with van der Waals surface area (Å²) in [5, 5.41) is 11.2. The molecule has 3 aromatic carbocycles. The fourth-order valence-corrected chi connectivity index (χ4v) is 4.28. The fraction of sp³-hybridized carbons (Fsp3) is 0.231. The maximum atomic E-state index is 13.5. The van der Waals surface area contributed by atoms with E-state index in [1.807, 2.05) is 24.3 Å². The van der Waals surface area contributed by atoms with Crippen molar-refractivity contribution in [1.82, 2.24) is 0 Å². The van der Waals surface area contributed by atoms with Crippen LogP contribution in [0.4, 0.5) is 5.69 Å². The lowest BCUT2D eigenvalue weighted by atomic mass is 9.86. The first-order valence-corrected chi connectivity index (χ1v) is 10.5. The minimum atomic E-state index is -1.28. The van der Waals surface area contributed by atoms with Gasteiger partial charge in [-0.1, -0.05) is 18.2 Å². The molecule has 0 bridgehead atoms. The smallest absolute Gasteiger partial charge is 0.232 e. The highest BCUT2D eigenvalue weighted by molar-refractivity contribution is 5.99. The van der Waals surface area contributed by atoms with Crippen LogP contribution in [0.3, 0.4) is 0 Å². The van der Waals surface area contributed by atoms with Crippen molar-refractivity contribution < 1.29 is 33.6 Å². The van der Waals surface area contributed by atoms with E-state index in [1.54, 1.807) is 51.5 Å². The summed E-state index contributed by atoms with van der Waals surface area (Å²) in [5.74, 6) is 0.717. The number of carbonyl (C=O) groups is 2. The van der Waals surface area contributed by atoms with Crippen LogP contribution in [-0.4, -0.2) is 40.3 Å². The molecule has 1 aliphatic rings. The lowest BCUT2D eigenvalue weighted by molar-refractivity contribution is -0.255. The third kappa shape index (κ3) is 3.98. The molecular formula is C26H24NO7-. The SMILES string of the molecule is COc1ccc([C@@H]2c3cc(OC)c(OC)cc3CC(=O)N2c2ccc(C(=O)[O-])cc2)cc1OC. The van der Waals surface area contributed by atoms with Crippen LogP contribution in [-0.2, 0) is 11.2 Å². The van der Waals surface area contributed by atoms with Gasteiger partial charge >= 0.3 is 0 Å². The molecule has 1 aliphatic heterocycles. The molecule has 1 heterocycles. The summed E-state index contributed by atoms with van der Waals surface area (Å²) in [4.78, 5) is 26.3. The normalized spacial score (nSPS) is 14.9. The number of methoxy groups -OCH3 is 4. The van der Waals surface area contributed by atoms with E-state index in [0.29, 0.717) is 28.7 Å². The number of carbonyl (C=O) groups excluding carboxylic acids is 2. The first-order valence-electron chi connectivity index (χ1n) is 10.5. The standard InChI is InChI=1S/C26H25NO7/c1-31-20-10-7-16(11-21(20)32-2)25-19-14-23(34-4)22(33-3)12-17(19)13-24(28)27(25)18-8-5-15(6-9-18)26(29)30/h5-12,14,25H,13H2,1-4H3,(H,29,30)/p-1/t25-/m1/s1. The third-order valence-electron chi connectivity index (χ3n) is 5.91. The van der Waals surface area contributed by atoms with Crippen molar-refractivity contribution in [3.8, 4) is 23.0 Å². The molecule has 0 unspecified atom stereocenters. The number of rotatable bonds is 7. The van der Waals surface area contributed by atoms with E-state index in [9.17, 15) is 14.7 Å². The van der Waals surface area contributed by atoms with Crippen molar-refractivity contribution in [1.29, 1.82) is 0 Å². The zero-order chi connectivity index (χ0) is 24.4. The van der Waals surface area contributed by atoms with Gasteiger partial charge < -0.3 is 33.7 Å². The van der Waals surface area contributed by atoms with Gasteiger partial charge in [0.05, 0.1) is 46.9 Å². The molecule has 34 heavy (non-hydrogen) atoms. The average molecular weight is 462 g/mol. The highest BCUT2D eigenvalue weighted by atomic mass is 16.5. The van der Waals surface area contributed by atoms with Gasteiger partial charge in [-0.2, -0.15) is 0 Å². The minimum absolute atomic E-state index is 0.0303. The van der Waals surface area contributed by atoms with Gasteiger partial charge in [0.2, 0.25) is 5.91 Å². The predicted molar refractivity (Wildman–Crippen MR) is 123 cm³/mol. The second-order valence-electron chi connectivity index (χ2n) is 7.70. The van der Waals surface area contributed by atoms with E-state index in [0.717, 1.165) is 16.7 Å². The number of aromatic carboxylic acids is 1. The van der Waals surface area contributed by atoms with Gasteiger partial charge in [0.15, 0.2) is 23.0 Å². The van der Waals surface area contributed by atoms with Crippen LogP contribution in [0.15, 0.2) is 54.6 Å². The van der Waals surface area contributed by atoms with Gasteiger partial charge in [0, 0.05) is 5.69 Å². The van der Waals surface area contributed by atoms with Crippen LogP contribution in [0, 0.1) is 0 Å². The number of hydrogen-bond acceptors (Lipinski definition) is 7. The lowest BCUT2D eigenvalue weighted by Gasteiger charge is -2.38. The molecule has 1 atom stereocenters. The monoisotopic (exact) mass is 462 g/mol. The molecule has 0 aliphatic carbocycles. The zero-order valence-electron chi connectivity index (χ0n) is 19.3. The van der Waals surface area contributed by atoms with Crippen molar-refractivity contribution in [2.24, 2.45) is 0 Å². The average Bonchev–Trinajstić information content (AvgIpc) is 2.86. The van der Waals surface area contributed by atoms with E-state index in [1.165, 1.54) is 12.1 Å². The molecule has 0 fully saturated rings. The van der Waals surface area contributed by atoms with E-state index in [4.69, 9.17) is 18.9 Å². The molecule has 0 saturated heterocycles. The number of carboxylic acid groups (broad SMARTS) is 1. The largest absolute Gasteiger partial charge is 0.545 e. The van der Waals surface area contributed by atoms with Crippen LogP contribution in [0.5, 0.6) is 23.0 Å². The van der Waals surface area contributed by atoms with Crippen molar-refractivity contribution >= 4 is 17.6 Å². The quantitative estimate of drug-likeness (QED) is 0.533. The summed E-state index contributed by atoms with van der Waals surface area (Å²) in [6.45, 7) is 0. The first-order chi connectivity index (χ1) is 16.4. The molecule has 3 aromatic rings. The molecule has 176 valence electrons. The van der Waals surface area contributed by atoms with Gasteiger partial charge in [-0.05, 0) is 58.7 Å². The highest BCUT2D eigenvalue weighted by Gasteiger charge is 2.36. The van der Waals surface area contributed by atoms with Gasteiger partial charge in [0.25, 0.3) is 0 Å². The minimum Gasteiger partial charge on any atom is -0.545 e. The van der Waals surface area contributed by atoms with E-state index in [2.05, 4.69) is 0 Å². The molecule has 8 heteroatoms. The fourth-order valence-electron chi connectivity index (χ4n) is 4.28. The maximum Gasteiger partial charge on any atom is 0.232 e. The number of ether oxygens (including phenoxy) is 4. The van der Waals surface area contributed by atoms with E-state index < -0.39 is 12.0 Å². The Hall–Kier alpha value is -4.20. The third-order valence-corrected chi connectivity index (χ3v) is 5.91. The summed E-state index contributed by atoms with van der Waals surface area (Å²) < 4.78 is 21.9. The number of anilines is 1. The van der Waals surface area contributed by atoms with Crippen LogP contribution in [0.25, 0.3) is 0 Å². The Bertz CT molecular complexity index is 1240. The Morgan fingerprint density at radius 1 is 0.824 bits per heavy atom. The number of fused-ring (bicyclic) bond motifs is 1. The summed E-state index contributed by atoms with van der Waals surface area (Å²) in [6, 6.07) is 14.7. The molecule has 1 amide bonds. The van der Waals surface area contributed by atoms with Gasteiger partial charge in [0.1, 0.15) is 0 Å². The summed E-state index contributed by atoms with van der Waals surface area (Å²) in [7, 11) is 6.21. The Kier molecular flexibility index (Phi) is 6.32. The van der Waals surface area contributed by atoms with Crippen LogP contribution in [0.1, 0.15) is 33.1 Å².